The highest BCUT2D eigenvalue weighted by Gasteiger charge is 2.14. The summed E-state index contributed by atoms with van der Waals surface area (Å²) in [5.74, 6) is -0.373. The lowest BCUT2D eigenvalue weighted by Gasteiger charge is -2.18. The lowest BCUT2D eigenvalue weighted by atomic mass is 10.0. The van der Waals surface area contributed by atoms with Gasteiger partial charge in [-0.3, -0.25) is 4.68 Å². The molecule has 1 heterocycles. The van der Waals surface area contributed by atoms with Crippen molar-refractivity contribution >= 4 is 11.6 Å². The highest BCUT2D eigenvalue weighted by molar-refractivity contribution is 6.30. The monoisotopic (exact) mass is 309 g/mol. The molecule has 0 spiro atoms. The maximum atomic E-state index is 13.7. The third-order valence-electron chi connectivity index (χ3n) is 3.44. The van der Waals surface area contributed by atoms with Crippen LogP contribution >= 0.6 is 11.6 Å². The maximum Gasteiger partial charge on any atom is 0.142 e. The molecule has 0 radical (unpaired) electrons. The quantitative estimate of drug-likeness (QED) is 0.838. The average Bonchev–Trinajstić information content (AvgIpc) is 2.94. The van der Waals surface area contributed by atoms with Gasteiger partial charge in [0.25, 0.3) is 0 Å². The minimum Gasteiger partial charge on any atom is -0.310 e. The second-order valence-corrected chi connectivity index (χ2v) is 5.50. The van der Waals surface area contributed by atoms with Gasteiger partial charge in [-0.15, -0.1) is 0 Å². The van der Waals surface area contributed by atoms with Crippen LogP contribution in [0.3, 0.4) is 0 Å². The molecule has 21 heavy (non-hydrogen) atoms. The molecule has 1 N–H and O–H groups in total. The van der Waals surface area contributed by atoms with Crippen molar-refractivity contribution in [1.29, 1.82) is 0 Å². The van der Waals surface area contributed by atoms with Crippen LogP contribution in [0.1, 0.15) is 37.4 Å². The topological polar surface area (TPSA) is 29.9 Å². The fourth-order valence-electron chi connectivity index (χ4n) is 2.28. The van der Waals surface area contributed by atoms with Gasteiger partial charge in [0.15, 0.2) is 0 Å². The molecule has 1 unspecified atom stereocenters. The molecule has 1 aromatic carbocycles. The van der Waals surface area contributed by atoms with Crippen molar-refractivity contribution in [3.8, 4) is 0 Å². The molecule has 114 valence electrons. The normalized spacial score (nSPS) is 12.6. The molecule has 0 aliphatic carbocycles. The van der Waals surface area contributed by atoms with E-state index in [4.69, 9.17) is 11.6 Å². The zero-order valence-electron chi connectivity index (χ0n) is 12.4. The highest BCUT2D eigenvalue weighted by Crippen LogP contribution is 2.23. The molecule has 3 nitrogen and oxygen atoms in total. The van der Waals surface area contributed by atoms with E-state index in [1.165, 1.54) is 6.07 Å². The number of rotatable bonds is 7. The SMILES string of the molecule is CCCNC(Cc1cnn(CC)c1)c1ccc(Cl)c(F)c1. The molecule has 2 aromatic rings. The second-order valence-electron chi connectivity index (χ2n) is 5.09. The van der Waals surface area contributed by atoms with Crippen LogP contribution in [0.15, 0.2) is 30.6 Å². The van der Waals surface area contributed by atoms with Crippen molar-refractivity contribution in [2.24, 2.45) is 0 Å². The number of halogens is 2. The van der Waals surface area contributed by atoms with Crippen LogP contribution in [-0.2, 0) is 13.0 Å². The molecule has 1 atom stereocenters. The third kappa shape index (κ3) is 4.29. The van der Waals surface area contributed by atoms with Gasteiger partial charge in [-0.1, -0.05) is 24.6 Å². The van der Waals surface area contributed by atoms with Gasteiger partial charge in [0.2, 0.25) is 0 Å². The van der Waals surface area contributed by atoms with E-state index in [0.717, 1.165) is 37.1 Å². The summed E-state index contributed by atoms with van der Waals surface area (Å²) in [6.45, 7) is 5.90. The van der Waals surface area contributed by atoms with Gasteiger partial charge in [0.1, 0.15) is 5.82 Å². The largest absolute Gasteiger partial charge is 0.310 e. The van der Waals surface area contributed by atoms with Crippen molar-refractivity contribution in [3.63, 3.8) is 0 Å². The molecule has 0 amide bonds. The van der Waals surface area contributed by atoms with Crippen molar-refractivity contribution in [1.82, 2.24) is 15.1 Å². The van der Waals surface area contributed by atoms with E-state index in [9.17, 15) is 4.39 Å². The van der Waals surface area contributed by atoms with Gasteiger partial charge in [-0.2, -0.15) is 5.10 Å². The summed E-state index contributed by atoms with van der Waals surface area (Å²) in [6, 6.07) is 5.07. The summed E-state index contributed by atoms with van der Waals surface area (Å²) in [6.07, 6.45) is 5.71. The lowest BCUT2D eigenvalue weighted by Crippen LogP contribution is -2.24. The van der Waals surface area contributed by atoms with Crippen LogP contribution in [-0.4, -0.2) is 16.3 Å². The molecule has 0 saturated carbocycles. The maximum absolute atomic E-state index is 13.7. The first-order valence-corrected chi connectivity index (χ1v) is 7.71. The van der Waals surface area contributed by atoms with Gasteiger partial charge < -0.3 is 5.32 Å². The second kappa shape index (κ2) is 7.57. The van der Waals surface area contributed by atoms with Crippen molar-refractivity contribution in [2.75, 3.05) is 6.54 Å². The molecule has 0 saturated heterocycles. The Hall–Kier alpha value is -1.39. The van der Waals surface area contributed by atoms with E-state index < -0.39 is 0 Å². The van der Waals surface area contributed by atoms with Gasteiger partial charge in [0.05, 0.1) is 11.2 Å². The van der Waals surface area contributed by atoms with E-state index >= 15 is 0 Å². The van der Waals surface area contributed by atoms with Crippen LogP contribution in [0.2, 0.25) is 5.02 Å². The minimum absolute atomic E-state index is 0.0613. The standard InChI is InChI=1S/C16H21ClFN3/c1-3-7-19-16(8-12-10-20-21(4-2)11-12)13-5-6-14(17)15(18)9-13/h5-6,9-11,16,19H,3-4,7-8H2,1-2H3. The van der Waals surface area contributed by atoms with Crippen LogP contribution < -0.4 is 5.32 Å². The van der Waals surface area contributed by atoms with Gasteiger partial charge in [0, 0.05) is 18.8 Å². The van der Waals surface area contributed by atoms with Gasteiger partial charge >= 0.3 is 0 Å². The summed E-state index contributed by atoms with van der Waals surface area (Å²) < 4.78 is 15.6. The Labute approximate surface area is 130 Å². The highest BCUT2D eigenvalue weighted by atomic mass is 35.5. The number of nitrogens with zero attached hydrogens (tertiary/aromatic N) is 2. The van der Waals surface area contributed by atoms with Crippen molar-refractivity contribution in [2.45, 2.75) is 39.3 Å². The zero-order chi connectivity index (χ0) is 15.2. The first kappa shape index (κ1) is 16.0. The zero-order valence-corrected chi connectivity index (χ0v) is 13.2. The Morgan fingerprint density at radius 2 is 2.19 bits per heavy atom. The Bertz CT molecular complexity index is 583. The molecular formula is C16H21ClFN3. The third-order valence-corrected chi connectivity index (χ3v) is 3.74. The van der Waals surface area contributed by atoms with Gasteiger partial charge in [-0.05, 0) is 49.6 Å². The fourth-order valence-corrected chi connectivity index (χ4v) is 2.39. The molecule has 1 aromatic heterocycles. The van der Waals surface area contributed by atoms with E-state index in [-0.39, 0.29) is 16.9 Å². The molecule has 0 bridgehead atoms. The molecule has 0 fully saturated rings. The Kier molecular flexibility index (Phi) is 5.76. The molecule has 0 aliphatic heterocycles. The first-order valence-electron chi connectivity index (χ1n) is 7.33. The number of hydrogen-bond acceptors (Lipinski definition) is 2. The van der Waals surface area contributed by atoms with E-state index in [1.807, 2.05) is 23.1 Å². The average molecular weight is 310 g/mol. The van der Waals surface area contributed by atoms with Crippen LogP contribution in [0.4, 0.5) is 4.39 Å². The van der Waals surface area contributed by atoms with Crippen LogP contribution in [0.25, 0.3) is 0 Å². The number of aromatic nitrogens is 2. The smallest absolute Gasteiger partial charge is 0.142 e. The number of benzene rings is 1. The minimum atomic E-state index is -0.373. The molecule has 5 heteroatoms. The number of hydrogen-bond donors (Lipinski definition) is 1. The summed E-state index contributed by atoms with van der Waals surface area (Å²) in [5.41, 5.74) is 2.05. The Morgan fingerprint density at radius 3 is 2.81 bits per heavy atom. The summed E-state index contributed by atoms with van der Waals surface area (Å²) in [5, 5.41) is 7.91. The van der Waals surface area contributed by atoms with Crippen molar-refractivity contribution < 1.29 is 4.39 Å². The summed E-state index contributed by atoms with van der Waals surface area (Å²) in [7, 11) is 0. The Morgan fingerprint density at radius 1 is 1.38 bits per heavy atom. The summed E-state index contributed by atoms with van der Waals surface area (Å²) in [4.78, 5) is 0. The van der Waals surface area contributed by atoms with Crippen LogP contribution in [0.5, 0.6) is 0 Å². The van der Waals surface area contributed by atoms with Crippen LogP contribution in [0, 0.1) is 5.82 Å². The van der Waals surface area contributed by atoms with E-state index in [2.05, 4.69) is 24.3 Å². The fraction of sp³-hybridized carbons (Fsp3) is 0.438. The predicted octanol–water partition coefficient (Wildman–Crippen LogP) is 3.98. The lowest BCUT2D eigenvalue weighted by molar-refractivity contribution is 0.524. The predicted molar refractivity (Wildman–Crippen MR) is 84.0 cm³/mol. The summed E-state index contributed by atoms with van der Waals surface area (Å²) >= 11 is 5.76. The van der Waals surface area contributed by atoms with E-state index in [0.29, 0.717) is 0 Å². The van der Waals surface area contributed by atoms with E-state index in [1.54, 1.807) is 6.07 Å². The first-order chi connectivity index (χ1) is 10.1. The molecule has 2 rings (SSSR count). The number of aryl methyl sites for hydroxylation is 1. The molecule has 0 aliphatic rings. The number of nitrogens with one attached hydrogen (secondary N) is 1. The van der Waals surface area contributed by atoms with Crippen molar-refractivity contribution in [3.05, 3.63) is 52.6 Å². The Balaban J connectivity index is 2.18. The molecular weight excluding hydrogens is 289 g/mol. The van der Waals surface area contributed by atoms with Gasteiger partial charge in [-0.25, -0.2) is 4.39 Å².